The van der Waals surface area contributed by atoms with Gasteiger partial charge in [0.15, 0.2) is 0 Å². The van der Waals surface area contributed by atoms with E-state index in [1.54, 1.807) is 11.9 Å². The van der Waals surface area contributed by atoms with Crippen molar-refractivity contribution in [2.75, 3.05) is 20.1 Å². The van der Waals surface area contributed by atoms with E-state index < -0.39 is 12.6 Å². The Morgan fingerprint density at radius 2 is 1.88 bits per heavy atom. The summed E-state index contributed by atoms with van der Waals surface area (Å²) in [6.07, 6.45) is -4.30. The van der Waals surface area contributed by atoms with Gasteiger partial charge in [0.05, 0.1) is 6.54 Å². The molecule has 0 aromatic rings. The van der Waals surface area contributed by atoms with Gasteiger partial charge in [-0.2, -0.15) is 13.2 Å². The molecular weight excluding hydrogens is 233 g/mol. The number of halogens is 3. The summed E-state index contributed by atoms with van der Waals surface area (Å²) < 4.78 is 35.4. The highest BCUT2D eigenvalue weighted by atomic mass is 19.4. The van der Waals surface area contributed by atoms with E-state index >= 15 is 0 Å². The first-order valence-corrected chi connectivity index (χ1v) is 5.77. The molecule has 0 fully saturated rings. The Kier molecular flexibility index (Phi) is 7.18. The van der Waals surface area contributed by atoms with Crippen LogP contribution < -0.4 is 5.32 Å². The second-order valence-electron chi connectivity index (χ2n) is 4.35. The normalized spacial score (nSPS) is 11.9. The highest BCUT2D eigenvalue weighted by Gasteiger charge is 2.25. The van der Waals surface area contributed by atoms with Crippen molar-refractivity contribution < 1.29 is 18.0 Å². The van der Waals surface area contributed by atoms with Gasteiger partial charge >= 0.3 is 6.18 Å². The standard InChI is InChI=1S/C11H21F3N2O/c1-9(2)16(3)10(17)8-15-7-5-4-6-11(12,13)14/h9,15H,4-8H2,1-3H3. The van der Waals surface area contributed by atoms with E-state index in [9.17, 15) is 18.0 Å². The number of carbonyl (C=O) groups is 1. The van der Waals surface area contributed by atoms with Gasteiger partial charge in [-0.25, -0.2) is 0 Å². The van der Waals surface area contributed by atoms with E-state index in [4.69, 9.17) is 0 Å². The van der Waals surface area contributed by atoms with Gasteiger partial charge in [0.25, 0.3) is 0 Å². The van der Waals surface area contributed by atoms with Crippen LogP contribution in [0.25, 0.3) is 0 Å². The van der Waals surface area contributed by atoms with Crippen LogP contribution in [0.5, 0.6) is 0 Å². The maximum atomic E-state index is 11.8. The second-order valence-corrected chi connectivity index (χ2v) is 4.35. The number of nitrogens with zero attached hydrogens (tertiary/aromatic N) is 1. The van der Waals surface area contributed by atoms with Crippen LogP contribution in [0, 0.1) is 0 Å². The summed E-state index contributed by atoms with van der Waals surface area (Å²) in [4.78, 5) is 13.1. The van der Waals surface area contributed by atoms with Gasteiger partial charge in [0.1, 0.15) is 0 Å². The van der Waals surface area contributed by atoms with Crippen molar-refractivity contribution in [3.05, 3.63) is 0 Å². The van der Waals surface area contributed by atoms with Gasteiger partial charge in [-0.15, -0.1) is 0 Å². The molecule has 1 N–H and O–H groups in total. The first-order chi connectivity index (χ1) is 7.74. The predicted molar refractivity (Wildman–Crippen MR) is 60.7 cm³/mol. The second kappa shape index (κ2) is 7.53. The molecule has 6 heteroatoms. The Labute approximate surface area is 100 Å². The molecule has 0 bridgehead atoms. The Balaban J connectivity index is 3.49. The summed E-state index contributed by atoms with van der Waals surface area (Å²) in [7, 11) is 1.71. The van der Waals surface area contributed by atoms with Crippen LogP contribution in [-0.4, -0.2) is 43.2 Å². The van der Waals surface area contributed by atoms with Crippen molar-refractivity contribution >= 4 is 5.91 Å². The van der Waals surface area contributed by atoms with Gasteiger partial charge in [0.2, 0.25) is 5.91 Å². The van der Waals surface area contributed by atoms with Gasteiger partial charge in [-0.1, -0.05) is 0 Å². The third kappa shape index (κ3) is 8.97. The number of nitrogens with one attached hydrogen (secondary N) is 1. The fourth-order valence-corrected chi connectivity index (χ4v) is 1.18. The molecule has 1 amide bonds. The molecule has 102 valence electrons. The van der Waals surface area contributed by atoms with Gasteiger partial charge in [0, 0.05) is 19.5 Å². The number of alkyl halides is 3. The van der Waals surface area contributed by atoms with Crippen LogP contribution in [0.2, 0.25) is 0 Å². The molecule has 0 atom stereocenters. The predicted octanol–water partition coefficient (Wildman–Crippen LogP) is 2.18. The Hall–Kier alpha value is -0.780. The number of rotatable bonds is 7. The zero-order chi connectivity index (χ0) is 13.5. The number of hydrogen-bond donors (Lipinski definition) is 1. The Bertz CT molecular complexity index is 229. The fourth-order valence-electron chi connectivity index (χ4n) is 1.18. The molecule has 0 aliphatic heterocycles. The van der Waals surface area contributed by atoms with Crippen LogP contribution in [0.4, 0.5) is 13.2 Å². The van der Waals surface area contributed by atoms with Gasteiger partial charge in [-0.3, -0.25) is 4.79 Å². The largest absolute Gasteiger partial charge is 0.389 e. The van der Waals surface area contributed by atoms with Crippen molar-refractivity contribution in [3.8, 4) is 0 Å². The van der Waals surface area contributed by atoms with Crippen molar-refractivity contribution in [1.29, 1.82) is 0 Å². The smallest absolute Gasteiger partial charge is 0.342 e. The third-order valence-corrected chi connectivity index (χ3v) is 2.51. The van der Waals surface area contributed by atoms with Crippen molar-refractivity contribution in [3.63, 3.8) is 0 Å². The van der Waals surface area contributed by atoms with E-state index in [1.165, 1.54) is 0 Å². The minimum atomic E-state index is -4.08. The Morgan fingerprint density at radius 3 is 2.35 bits per heavy atom. The summed E-state index contributed by atoms with van der Waals surface area (Å²) in [5.74, 6) is -0.0455. The molecule has 17 heavy (non-hydrogen) atoms. The first-order valence-electron chi connectivity index (χ1n) is 5.77. The lowest BCUT2D eigenvalue weighted by atomic mass is 10.2. The third-order valence-electron chi connectivity index (χ3n) is 2.51. The minimum absolute atomic E-state index is 0.0455. The molecule has 0 unspecified atom stereocenters. The minimum Gasteiger partial charge on any atom is -0.342 e. The van der Waals surface area contributed by atoms with Gasteiger partial charge in [-0.05, 0) is 33.2 Å². The molecule has 0 aliphatic carbocycles. The molecule has 0 heterocycles. The van der Waals surface area contributed by atoms with Crippen LogP contribution in [0.1, 0.15) is 33.1 Å². The zero-order valence-electron chi connectivity index (χ0n) is 10.6. The first kappa shape index (κ1) is 16.2. The number of likely N-dealkylation sites (N-methyl/N-ethyl adjacent to an activating group) is 1. The van der Waals surface area contributed by atoms with Crippen LogP contribution in [0.15, 0.2) is 0 Å². The summed E-state index contributed by atoms with van der Waals surface area (Å²) in [6.45, 7) is 4.43. The molecular formula is C11H21F3N2O. The summed E-state index contributed by atoms with van der Waals surface area (Å²) >= 11 is 0. The highest BCUT2D eigenvalue weighted by Crippen LogP contribution is 2.21. The summed E-state index contributed by atoms with van der Waals surface area (Å²) in [5.41, 5.74) is 0. The summed E-state index contributed by atoms with van der Waals surface area (Å²) in [5, 5.41) is 2.85. The monoisotopic (exact) mass is 254 g/mol. The van der Waals surface area contributed by atoms with Crippen LogP contribution >= 0.6 is 0 Å². The lowest BCUT2D eigenvalue weighted by Gasteiger charge is -2.21. The summed E-state index contributed by atoms with van der Waals surface area (Å²) in [6, 6.07) is 0.134. The van der Waals surface area contributed by atoms with Crippen molar-refractivity contribution in [2.45, 2.75) is 45.3 Å². The molecule has 0 aromatic heterocycles. The molecule has 0 aromatic carbocycles. The molecule has 0 saturated carbocycles. The molecule has 3 nitrogen and oxygen atoms in total. The number of carbonyl (C=O) groups excluding carboxylic acids is 1. The van der Waals surface area contributed by atoms with Gasteiger partial charge < -0.3 is 10.2 Å². The molecule has 0 saturated heterocycles. The fraction of sp³-hybridized carbons (Fsp3) is 0.909. The van der Waals surface area contributed by atoms with E-state index in [0.717, 1.165) is 0 Å². The maximum absolute atomic E-state index is 11.8. The number of unbranched alkanes of at least 4 members (excludes halogenated alkanes) is 1. The average Bonchev–Trinajstić information content (AvgIpc) is 2.19. The molecule has 0 radical (unpaired) electrons. The number of amides is 1. The Morgan fingerprint density at radius 1 is 1.29 bits per heavy atom. The van der Waals surface area contributed by atoms with E-state index in [1.807, 2.05) is 13.8 Å². The topological polar surface area (TPSA) is 32.3 Å². The van der Waals surface area contributed by atoms with Crippen LogP contribution in [-0.2, 0) is 4.79 Å². The van der Waals surface area contributed by atoms with Crippen molar-refractivity contribution in [2.24, 2.45) is 0 Å². The van der Waals surface area contributed by atoms with E-state index in [0.29, 0.717) is 13.0 Å². The highest BCUT2D eigenvalue weighted by molar-refractivity contribution is 5.78. The maximum Gasteiger partial charge on any atom is 0.389 e. The van der Waals surface area contributed by atoms with Crippen LogP contribution in [0.3, 0.4) is 0 Å². The lowest BCUT2D eigenvalue weighted by molar-refractivity contribution is -0.136. The quantitative estimate of drug-likeness (QED) is 0.706. The molecule has 0 spiro atoms. The molecule has 0 aliphatic rings. The van der Waals surface area contributed by atoms with Crippen molar-refractivity contribution in [1.82, 2.24) is 10.2 Å². The van der Waals surface area contributed by atoms with E-state index in [-0.39, 0.29) is 24.9 Å². The average molecular weight is 254 g/mol. The van der Waals surface area contributed by atoms with E-state index in [2.05, 4.69) is 5.32 Å². The zero-order valence-corrected chi connectivity index (χ0v) is 10.6. The SMILES string of the molecule is CC(C)N(C)C(=O)CNCCCCC(F)(F)F. The lowest BCUT2D eigenvalue weighted by Crippen LogP contribution is -2.39. The molecule has 0 rings (SSSR count). The number of hydrogen-bond acceptors (Lipinski definition) is 2.